The molecule has 1 N–H and O–H groups in total. The number of benzene rings is 1. The van der Waals surface area contributed by atoms with Crippen molar-refractivity contribution in [3.05, 3.63) is 47.2 Å². The van der Waals surface area contributed by atoms with E-state index in [0.29, 0.717) is 30.0 Å². The molecular weight excluding hydrogens is 304 g/mol. The third-order valence-electron chi connectivity index (χ3n) is 3.69. The number of aryl methyl sites for hydroxylation is 2. The van der Waals surface area contributed by atoms with Gasteiger partial charge in [-0.05, 0) is 38.1 Å². The van der Waals surface area contributed by atoms with Crippen LogP contribution in [0.1, 0.15) is 61.8 Å². The van der Waals surface area contributed by atoms with E-state index in [1.54, 1.807) is 24.3 Å². The monoisotopic (exact) mass is 328 g/mol. The van der Waals surface area contributed by atoms with Crippen LogP contribution >= 0.6 is 0 Å². The van der Waals surface area contributed by atoms with E-state index in [0.717, 1.165) is 11.5 Å². The predicted octanol–water partition coefficient (Wildman–Crippen LogP) is 4.05. The van der Waals surface area contributed by atoms with Crippen LogP contribution in [-0.2, 0) is 16.6 Å². The lowest BCUT2D eigenvalue weighted by Crippen LogP contribution is -2.12. The van der Waals surface area contributed by atoms with Crippen LogP contribution in [0.15, 0.2) is 28.7 Å². The van der Waals surface area contributed by atoms with Crippen molar-refractivity contribution in [2.24, 2.45) is 0 Å². The van der Waals surface area contributed by atoms with E-state index in [2.05, 4.69) is 10.3 Å². The summed E-state index contributed by atoms with van der Waals surface area (Å²) in [6.45, 7) is 9.53. The maximum Gasteiger partial charge on any atom is 0.224 e. The maximum atomic E-state index is 12.1. The highest BCUT2D eigenvalue weighted by Crippen LogP contribution is 2.24. The molecule has 5 heteroatoms. The number of hydrogen-bond acceptors (Lipinski definition) is 4. The predicted molar refractivity (Wildman–Crippen MR) is 93.3 cm³/mol. The Morgan fingerprint density at radius 2 is 1.79 bits per heavy atom. The van der Waals surface area contributed by atoms with Gasteiger partial charge in [0.1, 0.15) is 5.76 Å². The van der Waals surface area contributed by atoms with Crippen LogP contribution in [0.4, 0.5) is 5.69 Å². The molecule has 1 aromatic heterocycles. The molecule has 128 valence electrons. The summed E-state index contributed by atoms with van der Waals surface area (Å²) in [7, 11) is 0. The van der Waals surface area contributed by atoms with Crippen molar-refractivity contribution in [2.75, 3.05) is 5.32 Å². The van der Waals surface area contributed by atoms with Gasteiger partial charge in [-0.2, -0.15) is 0 Å². The number of Topliss-reactive ketones (excluding diaryl/α,β-unsaturated/α-hetero) is 1. The Hall–Kier alpha value is -2.43. The summed E-state index contributed by atoms with van der Waals surface area (Å²) in [5.74, 6) is 1.35. The van der Waals surface area contributed by atoms with Crippen molar-refractivity contribution in [1.82, 2.24) is 4.98 Å². The van der Waals surface area contributed by atoms with E-state index in [1.165, 1.54) is 6.92 Å². The summed E-state index contributed by atoms with van der Waals surface area (Å²) in [5.41, 5.74) is 1.98. The van der Waals surface area contributed by atoms with E-state index in [-0.39, 0.29) is 17.1 Å². The van der Waals surface area contributed by atoms with Crippen molar-refractivity contribution in [1.29, 1.82) is 0 Å². The zero-order valence-corrected chi connectivity index (χ0v) is 14.9. The number of aromatic nitrogens is 1. The minimum Gasteiger partial charge on any atom is -0.445 e. The first-order valence-electron chi connectivity index (χ1n) is 8.04. The fourth-order valence-corrected chi connectivity index (χ4v) is 2.22. The second kappa shape index (κ2) is 6.99. The summed E-state index contributed by atoms with van der Waals surface area (Å²) in [6, 6.07) is 6.86. The molecule has 0 bridgehead atoms. The van der Waals surface area contributed by atoms with Gasteiger partial charge in [-0.15, -0.1) is 0 Å². The summed E-state index contributed by atoms with van der Waals surface area (Å²) in [6.07, 6.45) is 0.820. The highest BCUT2D eigenvalue weighted by Gasteiger charge is 2.22. The Labute approximate surface area is 142 Å². The van der Waals surface area contributed by atoms with Crippen molar-refractivity contribution >= 4 is 17.4 Å². The van der Waals surface area contributed by atoms with Crippen molar-refractivity contribution in [2.45, 2.75) is 52.9 Å². The van der Waals surface area contributed by atoms with Gasteiger partial charge in [0.25, 0.3) is 0 Å². The number of nitrogens with one attached hydrogen (secondary N) is 1. The molecule has 0 aliphatic rings. The Kier molecular flexibility index (Phi) is 5.22. The minimum atomic E-state index is -0.149. The molecule has 1 heterocycles. The normalized spacial score (nSPS) is 11.4. The first kappa shape index (κ1) is 17.9. The summed E-state index contributed by atoms with van der Waals surface area (Å²) >= 11 is 0. The van der Waals surface area contributed by atoms with Gasteiger partial charge in [-0.1, -0.05) is 20.8 Å². The summed E-state index contributed by atoms with van der Waals surface area (Å²) < 4.78 is 5.79. The number of oxazole rings is 1. The third-order valence-corrected chi connectivity index (χ3v) is 3.69. The molecule has 2 aromatic rings. The zero-order valence-electron chi connectivity index (χ0n) is 14.9. The lowest BCUT2D eigenvalue weighted by Gasteiger charge is -2.12. The van der Waals surface area contributed by atoms with Crippen LogP contribution < -0.4 is 5.32 Å². The second-order valence-corrected chi connectivity index (χ2v) is 6.96. The first-order chi connectivity index (χ1) is 11.2. The van der Waals surface area contributed by atoms with Gasteiger partial charge in [0.2, 0.25) is 5.91 Å². The standard InChI is InChI=1S/C19H24N2O3/c1-12-16(24-18(20-12)19(3,4)5)10-11-17(23)21-15-8-6-14(7-9-15)13(2)22/h6-9H,10-11H2,1-5H3,(H,21,23). The van der Waals surface area contributed by atoms with E-state index in [4.69, 9.17) is 4.42 Å². The number of nitrogens with zero attached hydrogens (tertiary/aromatic N) is 1. The molecular formula is C19H24N2O3. The second-order valence-electron chi connectivity index (χ2n) is 6.96. The van der Waals surface area contributed by atoms with Crippen LogP contribution in [0.3, 0.4) is 0 Å². The molecule has 0 saturated heterocycles. The first-order valence-corrected chi connectivity index (χ1v) is 8.04. The largest absolute Gasteiger partial charge is 0.445 e. The van der Waals surface area contributed by atoms with Crippen LogP contribution in [0.25, 0.3) is 0 Å². The topological polar surface area (TPSA) is 72.2 Å². The number of carbonyl (C=O) groups excluding carboxylic acids is 2. The Bertz CT molecular complexity index is 737. The Morgan fingerprint density at radius 1 is 1.17 bits per heavy atom. The van der Waals surface area contributed by atoms with E-state index < -0.39 is 0 Å². The van der Waals surface area contributed by atoms with E-state index >= 15 is 0 Å². The van der Waals surface area contributed by atoms with Crippen molar-refractivity contribution in [3.8, 4) is 0 Å². The molecule has 0 aliphatic heterocycles. The van der Waals surface area contributed by atoms with Crippen LogP contribution in [0.5, 0.6) is 0 Å². The molecule has 1 amide bonds. The summed E-state index contributed by atoms with van der Waals surface area (Å²) in [5, 5.41) is 2.82. The molecule has 2 rings (SSSR count). The van der Waals surface area contributed by atoms with Gasteiger partial charge >= 0.3 is 0 Å². The lowest BCUT2D eigenvalue weighted by molar-refractivity contribution is -0.116. The number of rotatable bonds is 5. The van der Waals surface area contributed by atoms with Crippen LogP contribution in [0.2, 0.25) is 0 Å². The van der Waals surface area contributed by atoms with Gasteiger partial charge in [0.05, 0.1) is 5.69 Å². The zero-order chi connectivity index (χ0) is 17.9. The van der Waals surface area contributed by atoms with Gasteiger partial charge in [-0.25, -0.2) is 4.98 Å². The van der Waals surface area contributed by atoms with Gasteiger partial charge in [-0.3, -0.25) is 9.59 Å². The molecule has 0 atom stereocenters. The quantitative estimate of drug-likeness (QED) is 0.840. The Balaban J connectivity index is 1.94. The molecule has 0 spiro atoms. The van der Waals surface area contributed by atoms with Crippen molar-refractivity contribution < 1.29 is 14.0 Å². The van der Waals surface area contributed by atoms with E-state index in [9.17, 15) is 9.59 Å². The van der Waals surface area contributed by atoms with Crippen molar-refractivity contribution in [3.63, 3.8) is 0 Å². The molecule has 0 saturated carbocycles. The number of hydrogen-bond donors (Lipinski definition) is 1. The van der Waals surface area contributed by atoms with Gasteiger partial charge in [0, 0.05) is 29.5 Å². The molecule has 0 fully saturated rings. The number of amides is 1. The highest BCUT2D eigenvalue weighted by atomic mass is 16.4. The average Bonchev–Trinajstić information content (AvgIpc) is 2.87. The van der Waals surface area contributed by atoms with Gasteiger partial charge in [0.15, 0.2) is 11.7 Å². The molecule has 0 aliphatic carbocycles. The smallest absolute Gasteiger partial charge is 0.224 e. The minimum absolute atomic E-state index is 0.00308. The SMILES string of the molecule is CC(=O)c1ccc(NC(=O)CCc2oc(C(C)(C)C)nc2C)cc1. The molecule has 24 heavy (non-hydrogen) atoms. The molecule has 5 nitrogen and oxygen atoms in total. The number of anilines is 1. The summed E-state index contributed by atoms with van der Waals surface area (Å²) in [4.78, 5) is 27.8. The number of carbonyl (C=O) groups is 2. The maximum absolute atomic E-state index is 12.1. The van der Waals surface area contributed by atoms with Gasteiger partial charge < -0.3 is 9.73 Å². The fourth-order valence-electron chi connectivity index (χ4n) is 2.22. The number of ketones is 1. The van der Waals surface area contributed by atoms with Crippen LogP contribution in [-0.4, -0.2) is 16.7 Å². The average molecular weight is 328 g/mol. The fraction of sp³-hybridized carbons (Fsp3) is 0.421. The molecule has 0 radical (unpaired) electrons. The lowest BCUT2D eigenvalue weighted by atomic mass is 9.97. The highest BCUT2D eigenvalue weighted by molar-refractivity contribution is 5.95. The Morgan fingerprint density at radius 3 is 2.29 bits per heavy atom. The molecule has 0 unspecified atom stereocenters. The molecule has 1 aromatic carbocycles. The van der Waals surface area contributed by atoms with E-state index in [1.807, 2.05) is 27.7 Å². The van der Waals surface area contributed by atoms with Crippen LogP contribution in [0, 0.1) is 6.92 Å². The third kappa shape index (κ3) is 4.54.